The van der Waals surface area contributed by atoms with Crippen LogP contribution in [0.4, 0.5) is 0 Å². The smallest absolute Gasteiger partial charge is 0.223 e. The number of hydrogen-bond acceptors (Lipinski definition) is 1. The van der Waals surface area contributed by atoms with E-state index in [-0.39, 0.29) is 23.3 Å². The van der Waals surface area contributed by atoms with Gasteiger partial charge in [-0.1, -0.05) is 56.0 Å². The highest BCUT2D eigenvalue weighted by Gasteiger charge is 2.41. The van der Waals surface area contributed by atoms with Crippen LogP contribution < -0.4 is 5.32 Å². The summed E-state index contributed by atoms with van der Waals surface area (Å²) in [7, 11) is 0. The molecule has 0 spiro atoms. The molecule has 0 unspecified atom stereocenters. The highest BCUT2D eigenvalue weighted by molar-refractivity contribution is 6.42. The Morgan fingerprint density at radius 2 is 1.92 bits per heavy atom. The molecule has 1 N–H and O–H groups in total. The van der Waals surface area contributed by atoms with Crippen molar-refractivity contribution in [3.05, 3.63) is 33.3 Å². The lowest BCUT2D eigenvalue weighted by molar-refractivity contribution is -0.126. The third kappa shape index (κ3) is 3.85. The summed E-state index contributed by atoms with van der Waals surface area (Å²) in [4.78, 5) is 13.0. The molecule has 1 aromatic rings. The first-order chi connectivity index (χ1) is 11.8. The zero-order valence-electron chi connectivity index (χ0n) is 15.5. The number of rotatable bonds is 4. The van der Waals surface area contributed by atoms with Crippen molar-refractivity contribution < 1.29 is 4.79 Å². The summed E-state index contributed by atoms with van der Waals surface area (Å²) in [6.07, 6.45) is 7.79. The monoisotopic (exact) mass is 381 g/mol. The summed E-state index contributed by atoms with van der Waals surface area (Å²) < 4.78 is 0. The van der Waals surface area contributed by atoms with Gasteiger partial charge in [-0.05, 0) is 67.6 Å². The minimum atomic E-state index is -0.0652. The van der Waals surface area contributed by atoms with Gasteiger partial charge < -0.3 is 5.32 Å². The minimum absolute atomic E-state index is 0.0406. The van der Waals surface area contributed by atoms with Gasteiger partial charge in [-0.3, -0.25) is 4.79 Å². The van der Waals surface area contributed by atoms with E-state index in [2.05, 4.69) is 26.1 Å². The Hall–Kier alpha value is -0.730. The average molecular weight is 382 g/mol. The first-order valence-electron chi connectivity index (χ1n) is 9.56. The van der Waals surface area contributed by atoms with E-state index in [4.69, 9.17) is 23.2 Å². The van der Waals surface area contributed by atoms with E-state index in [0.717, 1.165) is 43.2 Å². The van der Waals surface area contributed by atoms with E-state index in [1.807, 2.05) is 12.1 Å². The fourth-order valence-electron chi connectivity index (χ4n) is 4.79. The van der Waals surface area contributed by atoms with Gasteiger partial charge in [0.2, 0.25) is 5.91 Å². The SMILES string of the molecule is Cc1ccc(Cl)c(Cl)c1[C@@H](NC(=O)[C@@H]1CC[C@@H](C)C1)C1(C)CCCC1. The van der Waals surface area contributed by atoms with Gasteiger partial charge in [0.25, 0.3) is 0 Å². The van der Waals surface area contributed by atoms with Crippen molar-refractivity contribution in [3.63, 3.8) is 0 Å². The molecule has 1 aromatic carbocycles. The predicted molar refractivity (Wildman–Crippen MR) is 105 cm³/mol. The van der Waals surface area contributed by atoms with Crippen LogP contribution in [-0.4, -0.2) is 5.91 Å². The van der Waals surface area contributed by atoms with Gasteiger partial charge in [-0.25, -0.2) is 0 Å². The summed E-state index contributed by atoms with van der Waals surface area (Å²) in [5, 5.41) is 4.57. The van der Waals surface area contributed by atoms with Crippen molar-refractivity contribution in [1.82, 2.24) is 5.32 Å². The molecule has 1 amide bonds. The molecule has 25 heavy (non-hydrogen) atoms. The lowest BCUT2D eigenvalue weighted by atomic mass is 9.76. The molecule has 2 aliphatic rings. The highest BCUT2D eigenvalue weighted by Crippen LogP contribution is 2.50. The van der Waals surface area contributed by atoms with Gasteiger partial charge in [-0.15, -0.1) is 0 Å². The Morgan fingerprint density at radius 1 is 1.24 bits per heavy atom. The summed E-state index contributed by atoms with van der Waals surface area (Å²) in [5.41, 5.74) is 2.16. The number of hydrogen-bond donors (Lipinski definition) is 1. The van der Waals surface area contributed by atoms with E-state index < -0.39 is 0 Å². The molecule has 3 rings (SSSR count). The molecule has 0 aromatic heterocycles. The van der Waals surface area contributed by atoms with E-state index >= 15 is 0 Å². The Morgan fingerprint density at radius 3 is 2.52 bits per heavy atom. The number of carbonyl (C=O) groups is 1. The molecular formula is C21H29Cl2NO. The molecule has 2 fully saturated rings. The second kappa shape index (κ2) is 7.48. The molecular weight excluding hydrogens is 353 g/mol. The molecule has 0 heterocycles. The summed E-state index contributed by atoms with van der Waals surface area (Å²) in [5.74, 6) is 0.978. The first-order valence-corrected chi connectivity index (χ1v) is 10.3. The van der Waals surface area contributed by atoms with Gasteiger partial charge in [0.05, 0.1) is 16.1 Å². The molecule has 0 bridgehead atoms. The van der Waals surface area contributed by atoms with Crippen LogP contribution in [0.5, 0.6) is 0 Å². The Kier molecular flexibility index (Phi) is 5.70. The second-order valence-electron chi connectivity index (χ2n) is 8.51. The standard InChI is InChI=1S/C21H29Cl2NO/c1-13-6-8-15(12-13)20(25)24-19(21(3)10-4-5-11-21)17-14(2)7-9-16(22)18(17)23/h7,9,13,15,19H,4-6,8,10-12H2,1-3H3,(H,24,25)/t13-,15-,19-/m1/s1. The maximum absolute atomic E-state index is 13.0. The van der Waals surface area contributed by atoms with E-state index in [1.54, 1.807) is 0 Å². The van der Waals surface area contributed by atoms with Crippen LogP contribution in [0.2, 0.25) is 10.0 Å². The number of aryl methyl sites for hydroxylation is 1. The minimum Gasteiger partial charge on any atom is -0.348 e. The van der Waals surface area contributed by atoms with Gasteiger partial charge >= 0.3 is 0 Å². The molecule has 2 nitrogen and oxygen atoms in total. The molecule has 138 valence electrons. The lowest BCUT2D eigenvalue weighted by Crippen LogP contribution is -2.41. The normalized spacial score (nSPS) is 26.6. The van der Waals surface area contributed by atoms with E-state index in [0.29, 0.717) is 16.0 Å². The zero-order valence-corrected chi connectivity index (χ0v) is 17.0. The van der Waals surface area contributed by atoms with Gasteiger partial charge in [0, 0.05) is 5.92 Å². The molecule has 2 aliphatic carbocycles. The highest BCUT2D eigenvalue weighted by atomic mass is 35.5. The summed E-state index contributed by atoms with van der Waals surface area (Å²) in [6, 6.07) is 3.79. The maximum atomic E-state index is 13.0. The molecule has 4 heteroatoms. The van der Waals surface area contributed by atoms with Crippen LogP contribution in [0.1, 0.15) is 76.0 Å². The molecule has 2 saturated carbocycles. The van der Waals surface area contributed by atoms with Crippen molar-refractivity contribution >= 4 is 29.1 Å². The van der Waals surface area contributed by atoms with Crippen LogP contribution in [0.3, 0.4) is 0 Å². The fraction of sp³-hybridized carbons (Fsp3) is 0.667. The van der Waals surface area contributed by atoms with Crippen LogP contribution in [0.15, 0.2) is 12.1 Å². The molecule has 0 radical (unpaired) electrons. The number of nitrogens with one attached hydrogen (secondary N) is 1. The number of benzene rings is 1. The number of carbonyl (C=O) groups excluding carboxylic acids is 1. The van der Waals surface area contributed by atoms with Crippen molar-refractivity contribution in [2.24, 2.45) is 17.3 Å². The molecule has 0 saturated heterocycles. The zero-order chi connectivity index (χ0) is 18.2. The topological polar surface area (TPSA) is 29.1 Å². The van der Waals surface area contributed by atoms with Gasteiger partial charge in [0.15, 0.2) is 0 Å². The number of amides is 1. The summed E-state index contributed by atoms with van der Waals surface area (Å²) >= 11 is 12.9. The van der Waals surface area contributed by atoms with E-state index in [9.17, 15) is 4.79 Å². The molecule has 3 atom stereocenters. The van der Waals surface area contributed by atoms with Crippen LogP contribution >= 0.6 is 23.2 Å². The van der Waals surface area contributed by atoms with Crippen molar-refractivity contribution in [1.29, 1.82) is 0 Å². The largest absolute Gasteiger partial charge is 0.348 e. The third-order valence-electron chi connectivity index (χ3n) is 6.43. The van der Waals surface area contributed by atoms with Crippen molar-refractivity contribution in [2.75, 3.05) is 0 Å². The quantitative estimate of drug-likeness (QED) is 0.635. The molecule has 0 aliphatic heterocycles. The fourth-order valence-corrected chi connectivity index (χ4v) is 5.27. The second-order valence-corrected chi connectivity index (χ2v) is 9.29. The first kappa shape index (κ1) is 19.0. The Labute approximate surface area is 161 Å². The Bertz CT molecular complexity index is 652. The van der Waals surface area contributed by atoms with Crippen LogP contribution in [0.25, 0.3) is 0 Å². The third-order valence-corrected chi connectivity index (χ3v) is 7.25. The van der Waals surface area contributed by atoms with Crippen molar-refractivity contribution in [3.8, 4) is 0 Å². The van der Waals surface area contributed by atoms with E-state index in [1.165, 1.54) is 12.8 Å². The van der Waals surface area contributed by atoms with Crippen LogP contribution in [0, 0.1) is 24.2 Å². The maximum Gasteiger partial charge on any atom is 0.223 e. The van der Waals surface area contributed by atoms with Crippen LogP contribution in [-0.2, 0) is 4.79 Å². The predicted octanol–water partition coefficient (Wildman–Crippen LogP) is 6.48. The lowest BCUT2D eigenvalue weighted by Gasteiger charge is -2.37. The van der Waals surface area contributed by atoms with Crippen molar-refractivity contribution in [2.45, 2.75) is 71.8 Å². The average Bonchev–Trinajstić information content (AvgIpc) is 3.19. The summed E-state index contributed by atoms with van der Waals surface area (Å²) in [6.45, 7) is 6.59. The Balaban J connectivity index is 1.94. The van der Waals surface area contributed by atoms with Gasteiger partial charge in [0.1, 0.15) is 0 Å². The van der Waals surface area contributed by atoms with Gasteiger partial charge in [-0.2, -0.15) is 0 Å². The number of halogens is 2.